The van der Waals surface area contributed by atoms with Gasteiger partial charge in [0.05, 0.1) is 38.1 Å². The van der Waals surface area contributed by atoms with Crippen LogP contribution in [0.1, 0.15) is 223 Å². The van der Waals surface area contributed by atoms with Crippen LogP contribution >= 0.6 is 22.7 Å². The van der Waals surface area contributed by atoms with Gasteiger partial charge in [0.15, 0.2) is 0 Å². The number of aryl methyl sites for hydroxylation is 6. The summed E-state index contributed by atoms with van der Waals surface area (Å²) in [5, 5.41) is 0. The van der Waals surface area contributed by atoms with Crippen LogP contribution in [0.5, 0.6) is 0 Å². The number of fused-ring (bicyclic) bond motifs is 8. The van der Waals surface area contributed by atoms with Gasteiger partial charge in [0.25, 0.3) is 0 Å². The molecule has 0 fully saturated rings. The van der Waals surface area contributed by atoms with Crippen LogP contribution < -0.4 is 0 Å². The maximum atomic E-state index is 5.62. The molecule has 5 nitrogen and oxygen atoms in total. The fraction of sp³-hybridized carbons (Fsp3) is 0.418. The van der Waals surface area contributed by atoms with Crippen LogP contribution in [0, 0.1) is 35.5 Å². The van der Waals surface area contributed by atoms with Crippen molar-refractivity contribution >= 4 is 67.0 Å². The third kappa shape index (κ3) is 11.7. The van der Waals surface area contributed by atoms with Gasteiger partial charge in [0.2, 0.25) is 0 Å². The van der Waals surface area contributed by atoms with Gasteiger partial charge in [-0.1, -0.05) is 114 Å². The molecular weight excluding hydrogens is 939 g/mol. The number of pyridine rings is 1. The summed E-state index contributed by atoms with van der Waals surface area (Å²) in [5.74, 6) is 21.1. The molecule has 2 N–H and O–H groups in total. The minimum Gasteiger partial charge on any atom is -0.355 e. The quantitative estimate of drug-likeness (QED) is 0.0627. The highest BCUT2D eigenvalue weighted by Crippen LogP contribution is 2.43. The number of nitrogens with zero attached hydrogens (tertiary/aromatic N) is 3. The zero-order valence-electron chi connectivity index (χ0n) is 46.1. The molecule has 0 aromatic carbocycles. The molecule has 0 aliphatic carbocycles. The number of aromatic nitrogens is 5. The molecule has 6 aromatic heterocycles. The summed E-state index contributed by atoms with van der Waals surface area (Å²) in [6.45, 7) is 22.7. The predicted octanol–water partition coefficient (Wildman–Crippen LogP) is 18.3. The fourth-order valence-electron chi connectivity index (χ4n) is 11.2. The summed E-state index contributed by atoms with van der Waals surface area (Å²) in [4.78, 5) is 28.4. The summed E-state index contributed by atoms with van der Waals surface area (Å²) in [6.07, 6.45) is 20.7. The number of rotatable bonds is 19. The highest BCUT2D eigenvalue weighted by molar-refractivity contribution is 7.22. The van der Waals surface area contributed by atoms with Gasteiger partial charge in [-0.15, -0.1) is 22.7 Å². The van der Waals surface area contributed by atoms with E-state index >= 15 is 0 Å². The number of allylic oxidation sites excluding steroid dienone is 4. The van der Waals surface area contributed by atoms with Crippen LogP contribution in [0.15, 0.2) is 54.7 Å². The summed E-state index contributed by atoms with van der Waals surface area (Å²) in [5.41, 5.74) is 23.4. The van der Waals surface area contributed by atoms with Crippen molar-refractivity contribution in [3.8, 4) is 45.3 Å². The van der Waals surface area contributed by atoms with Gasteiger partial charge in [-0.05, 0) is 211 Å². The van der Waals surface area contributed by atoms with Crippen molar-refractivity contribution in [1.29, 1.82) is 0 Å². The lowest BCUT2D eigenvalue weighted by Crippen LogP contribution is -1.95. The van der Waals surface area contributed by atoms with E-state index in [2.05, 4.69) is 150 Å². The minimum atomic E-state index is 0.800. The van der Waals surface area contributed by atoms with E-state index < -0.39 is 0 Å². The van der Waals surface area contributed by atoms with Crippen LogP contribution in [0.25, 0.3) is 54.1 Å². The van der Waals surface area contributed by atoms with Gasteiger partial charge in [-0.2, -0.15) is 0 Å². The highest BCUT2D eigenvalue weighted by atomic mass is 32.1. The van der Waals surface area contributed by atoms with E-state index in [1.165, 1.54) is 121 Å². The summed E-state index contributed by atoms with van der Waals surface area (Å²) in [6, 6.07) is 17.7. The molecule has 0 saturated carbocycles. The number of H-pyrrole nitrogens is 2. The lowest BCUT2D eigenvalue weighted by atomic mass is 9.94. The Balaban J connectivity index is 1.34. The third-order valence-corrected chi connectivity index (χ3v) is 17.3. The summed E-state index contributed by atoms with van der Waals surface area (Å²) >= 11 is 3.62. The number of nitrogens with one attached hydrogen (secondary N) is 2. The normalized spacial score (nSPS) is 12.2. The Labute approximate surface area is 451 Å². The van der Waals surface area contributed by atoms with E-state index in [-0.39, 0.29) is 0 Å². The van der Waals surface area contributed by atoms with E-state index in [9.17, 15) is 0 Å². The molecule has 0 spiro atoms. The first-order chi connectivity index (χ1) is 36.3. The second kappa shape index (κ2) is 25.9. The number of aromatic amines is 2. The van der Waals surface area contributed by atoms with Gasteiger partial charge in [0.1, 0.15) is 5.69 Å². The second-order valence-corrected chi connectivity index (χ2v) is 21.7. The van der Waals surface area contributed by atoms with E-state index in [1.54, 1.807) is 11.3 Å². The van der Waals surface area contributed by atoms with E-state index in [0.717, 1.165) is 125 Å². The highest BCUT2D eigenvalue weighted by Gasteiger charge is 2.27. The van der Waals surface area contributed by atoms with Crippen LogP contribution in [-0.4, -0.2) is 24.9 Å². The molecule has 0 amide bonds. The topological polar surface area (TPSA) is 70.2 Å². The van der Waals surface area contributed by atoms with Crippen LogP contribution in [0.3, 0.4) is 0 Å². The van der Waals surface area contributed by atoms with E-state index in [0.29, 0.717) is 0 Å². The molecule has 74 heavy (non-hydrogen) atoms. The number of unbranched alkanes of at least 4 members (excludes halogenated alkanes) is 6. The molecule has 2 aliphatic heterocycles. The van der Waals surface area contributed by atoms with Gasteiger partial charge < -0.3 is 9.97 Å². The zero-order valence-corrected chi connectivity index (χ0v) is 47.7. The monoisotopic (exact) mass is 1020 g/mol. The minimum absolute atomic E-state index is 0.800. The second-order valence-electron chi connectivity index (χ2n) is 19.6. The Morgan fingerprint density at radius 3 is 1.34 bits per heavy atom. The smallest absolute Gasteiger partial charge is 0.113 e. The van der Waals surface area contributed by atoms with Gasteiger partial charge in [-0.25, -0.2) is 15.0 Å². The van der Waals surface area contributed by atoms with Gasteiger partial charge in [0, 0.05) is 38.0 Å². The molecular formula is C67H77N5S2. The maximum Gasteiger partial charge on any atom is 0.113 e. The van der Waals surface area contributed by atoms with E-state index in [4.69, 9.17) is 9.97 Å². The van der Waals surface area contributed by atoms with Crippen molar-refractivity contribution in [2.75, 3.05) is 0 Å². The molecule has 8 heterocycles. The molecule has 0 unspecified atom stereocenters. The molecule has 8 rings (SSSR count). The first-order valence-electron chi connectivity index (χ1n) is 28.2. The number of hydrogen-bond acceptors (Lipinski definition) is 5. The Bertz CT molecular complexity index is 3300. The van der Waals surface area contributed by atoms with Crippen molar-refractivity contribution in [1.82, 2.24) is 24.9 Å². The van der Waals surface area contributed by atoms with Crippen LogP contribution in [0.2, 0.25) is 0 Å². The Morgan fingerprint density at radius 1 is 0.446 bits per heavy atom. The molecule has 382 valence electrons. The largest absolute Gasteiger partial charge is 0.355 e. The van der Waals surface area contributed by atoms with Crippen molar-refractivity contribution < 1.29 is 0 Å². The molecule has 8 bridgehead atoms. The molecule has 0 atom stereocenters. The summed E-state index contributed by atoms with van der Waals surface area (Å²) < 4.78 is 0. The first-order valence-corrected chi connectivity index (χ1v) is 29.9. The van der Waals surface area contributed by atoms with Crippen molar-refractivity contribution in [3.63, 3.8) is 0 Å². The molecule has 2 aliphatic rings. The van der Waals surface area contributed by atoms with Crippen molar-refractivity contribution in [3.05, 3.63) is 132 Å². The lowest BCUT2D eigenvalue weighted by Gasteiger charge is -2.08. The van der Waals surface area contributed by atoms with Crippen molar-refractivity contribution in [2.24, 2.45) is 0 Å². The number of hydrogen-bond donors (Lipinski definition) is 2. The Hall–Kier alpha value is -6.17. The Morgan fingerprint density at radius 2 is 0.905 bits per heavy atom. The van der Waals surface area contributed by atoms with Gasteiger partial charge >= 0.3 is 0 Å². The van der Waals surface area contributed by atoms with Crippen LogP contribution in [0.4, 0.5) is 0 Å². The standard InChI is InChI=1S/C67H77N5S2/c1-11-21-23-25-31-44-39-64(65-40-45(32-26-24-22-12-2)63(74-65)37-36-46-33-29-30-38-68-46)73-62(44)35-28-27-34-55-66-53(19-9)51(17-7)60(71-66)42-58-49(15-5)47(13-3)56(69-58)41-57-48(14-4)50(16-6)59(70-57)43-61-52(18-8)54(20-10)67(55)72-61/h29-30,33,38-43,69-70H,11-26,31-32H2,1-10H3. The molecule has 0 radical (unpaired) electrons. The first kappa shape index (κ1) is 54.1. The predicted molar refractivity (Wildman–Crippen MR) is 321 cm³/mol. The van der Waals surface area contributed by atoms with Crippen molar-refractivity contribution in [2.45, 2.75) is 185 Å². The average molecular weight is 1020 g/mol. The fourth-order valence-corrected chi connectivity index (χ4v) is 13.4. The van der Waals surface area contributed by atoms with E-state index in [1.807, 2.05) is 35.7 Å². The average Bonchev–Trinajstić information content (AvgIpc) is 4.28. The molecule has 6 aromatic rings. The molecule has 0 saturated heterocycles. The van der Waals surface area contributed by atoms with Crippen LogP contribution in [-0.2, 0) is 38.5 Å². The third-order valence-electron chi connectivity index (χ3n) is 15.0. The maximum absolute atomic E-state index is 5.62. The summed E-state index contributed by atoms with van der Waals surface area (Å²) in [7, 11) is 0. The zero-order chi connectivity index (χ0) is 52.1. The number of thiophene rings is 2. The van der Waals surface area contributed by atoms with Gasteiger partial charge in [-0.3, -0.25) is 0 Å². The lowest BCUT2D eigenvalue weighted by molar-refractivity contribution is 0.667. The SMILES string of the molecule is CCCCCCc1cc(-c2cc(CCCCCC)c(C#Cc3ccccn3)s2)sc1C#CC#Cc1c2nc(cc3[nH]c(cc4[nH]c(cc5nc1C(CC)=C5CC)c(CC)c4CC)c(CC)c3CC)C(CC)=C2CC. The molecule has 7 heteroatoms. The Kier molecular flexibility index (Phi) is 18.9.